The average molecular weight is 385 g/mol. The molecule has 2 aromatic heterocycles. The minimum atomic E-state index is -0.596. The predicted molar refractivity (Wildman–Crippen MR) is 85.9 cm³/mol. The van der Waals surface area contributed by atoms with E-state index in [0.29, 0.717) is 13.1 Å². The molecular formula is C13H17BrN6O3. The Labute approximate surface area is 140 Å². The number of halogens is 1. The Morgan fingerprint density at radius 2 is 2.17 bits per heavy atom. The summed E-state index contributed by atoms with van der Waals surface area (Å²) in [5, 5.41) is 21.4. The van der Waals surface area contributed by atoms with E-state index in [9.17, 15) is 14.9 Å². The van der Waals surface area contributed by atoms with Crippen LogP contribution in [0.25, 0.3) is 0 Å². The summed E-state index contributed by atoms with van der Waals surface area (Å²) in [6, 6.07) is 1.26. The lowest BCUT2D eigenvalue weighted by atomic mass is 10.4. The summed E-state index contributed by atoms with van der Waals surface area (Å²) in [5.41, 5.74) is 1.99. The van der Waals surface area contributed by atoms with Crippen LogP contribution in [0.3, 0.4) is 0 Å². The van der Waals surface area contributed by atoms with Crippen LogP contribution in [0.15, 0.2) is 16.7 Å². The van der Waals surface area contributed by atoms with Crippen molar-refractivity contribution in [3.63, 3.8) is 0 Å². The molecule has 124 valence electrons. The second-order valence-electron chi connectivity index (χ2n) is 5.04. The Bertz CT molecular complexity index is 723. The molecule has 0 atom stereocenters. The molecular weight excluding hydrogens is 368 g/mol. The predicted octanol–water partition coefficient (Wildman–Crippen LogP) is 1.57. The van der Waals surface area contributed by atoms with Crippen LogP contribution < -0.4 is 5.32 Å². The van der Waals surface area contributed by atoms with E-state index >= 15 is 0 Å². The smallest absolute Gasteiger partial charge is 0.358 e. The normalized spacial score (nSPS) is 10.7. The monoisotopic (exact) mass is 384 g/mol. The van der Waals surface area contributed by atoms with Crippen molar-refractivity contribution in [3.05, 3.63) is 38.2 Å². The standard InChI is InChI=1S/C13H17BrN6O3/c1-9-13(14)10(2)19(16-9)6-3-5-15-12(21)8-18-7-4-11(17-18)20(22)23/h4,7H,3,5-6,8H2,1-2H3,(H,15,21). The van der Waals surface area contributed by atoms with E-state index in [-0.39, 0.29) is 18.3 Å². The fourth-order valence-corrected chi connectivity index (χ4v) is 2.37. The molecule has 1 amide bonds. The molecule has 10 heteroatoms. The van der Waals surface area contributed by atoms with Crippen molar-refractivity contribution in [3.8, 4) is 0 Å². The van der Waals surface area contributed by atoms with Crippen LogP contribution in [-0.4, -0.2) is 36.9 Å². The van der Waals surface area contributed by atoms with Crippen molar-refractivity contribution in [1.82, 2.24) is 24.9 Å². The van der Waals surface area contributed by atoms with Gasteiger partial charge in [0.1, 0.15) is 6.54 Å². The highest BCUT2D eigenvalue weighted by molar-refractivity contribution is 9.10. The van der Waals surface area contributed by atoms with Crippen LogP contribution in [0.5, 0.6) is 0 Å². The number of carbonyl (C=O) groups excluding carboxylic acids is 1. The highest BCUT2D eigenvalue weighted by atomic mass is 79.9. The van der Waals surface area contributed by atoms with Crippen LogP contribution in [-0.2, 0) is 17.9 Å². The fourth-order valence-electron chi connectivity index (χ4n) is 2.09. The number of nitrogens with one attached hydrogen (secondary N) is 1. The number of carbonyl (C=O) groups is 1. The Hall–Kier alpha value is -2.23. The minimum Gasteiger partial charge on any atom is -0.358 e. The van der Waals surface area contributed by atoms with Gasteiger partial charge in [-0.05, 0) is 41.1 Å². The lowest BCUT2D eigenvalue weighted by molar-refractivity contribution is -0.389. The Balaban J connectivity index is 1.74. The van der Waals surface area contributed by atoms with E-state index in [1.165, 1.54) is 16.9 Å². The molecule has 0 aliphatic rings. The summed E-state index contributed by atoms with van der Waals surface area (Å²) in [5.74, 6) is -0.509. The lowest BCUT2D eigenvalue weighted by Gasteiger charge is -2.06. The van der Waals surface area contributed by atoms with Crippen molar-refractivity contribution in [2.45, 2.75) is 33.4 Å². The highest BCUT2D eigenvalue weighted by Crippen LogP contribution is 2.19. The van der Waals surface area contributed by atoms with Gasteiger partial charge in [-0.1, -0.05) is 0 Å². The summed E-state index contributed by atoms with van der Waals surface area (Å²) in [7, 11) is 0. The highest BCUT2D eigenvalue weighted by Gasteiger charge is 2.13. The summed E-state index contributed by atoms with van der Waals surface area (Å²) >= 11 is 3.47. The molecule has 0 saturated heterocycles. The molecule has 1 N–H and O–H groups in total. The SMILES string of the molecule is Cc1nn(CCCNC(=O)Cn2ccc([N+](=O)[O-])n2)c(C)c1Br. The molecule has 0 bridgehead atoms. The van der Waals surface area contributed by atoms with Crippen LogP contribution >= 0.6 is 15.9 Å². The molecule has 2 rings (SSSR count). The van der Waals surface area contributed by atoms with E-state index in [2.05, 4.69) is 31.4 Å². The van der Waals surface area contributed by atoms with E-state index < -0.39 is 4.92 Å². The Morgan fingerprint density at radius 1 is 1.43 bits per heavy atom. The maximum atomic E-state index is 11.8. The van der Waals surface area contributed by atoms with E-state index in [0.717, 1.165) is 22.3 Å². The lowest BCUT2D eigenvalue weighted by Crippen LogP contribution is -2.29. The molecule has 0 spiro atoms. The molecule has 0 fully saturated rings. The average Bonchev–Trinajstić information content (AvgIpc) is 3.05. The first-order valence-corrected chi connectivity index (χ1v) is 7.82. The van der Waals surface area contributed by atoms with Crippen LogP contribution in [0.2, 0.25) is 0 Å². The van der Waals surface area contributed by atoms with Crippen molar-refractivity contribution >= 4 is 27.7 Å². The maximum Gasteiger partial charge on any atom is 0.389 e. The third-order valence-corrected chi connectivity index (χ3v) is 4.43. The van der Waals surface area contributed by atoms with Gasteiger partial charge in [-0.15, -0.1) is 0 Å². The fraction of sp³-hybridized carbons (Fsp3) is 0.462. The zero-order valence-corrected chi connectivity index (χ0v) is 14.4. The van der Waals surface area contributed by atoms with Crippen molar-refractivity contribution in [2.75, 3.05) is 6.54 Å². The van der Waals surface area contributed by atoms with Gasteiger partial charge in [0.15, 0.2) is 0 Å². The first-order chi connectivity index (χ1) is 10.9. The third kappa shape index (κ3) is 4.38. The number of hydrogen-bond acceptors (Lipinski definition) is 5. The van der Waals surface area contributed by atoms with E-state index in [1.807, 2.05) is 18.5 Å². The molecule has 0 unspecified atom stereocenters. The summed E-state index contributed by atoms with van der Waals surface area (Å²) in [6.07, 6.45) is 2.14. The quantitative estimate of drug-likeness (QED) is 0.442. The third-order valence-electron chi connectivity index (χ3n) is 3.28. The van der Waals surface area contributed by atoms with Gasteiger partial charge in [0.2, 0.25) is 5.91 Å². The van der Waals surface area contributed by atoms with Gasteiger partial charge in [-0.3, -0.25) is 9.48 Å². The number of nitrogens with zero attached hydrogens (tertiary/aromatic N) is 5. The van der Waals surface area contributed by atoms with Crippen LogP contribution in [0, 0.1) is 24.0 Å². The zero-order valence-electron chi connectivity index (χ0n) is 12.8. The number of amides is 1. The molecule has 0 aliphatic carbocycles. The number of hydrogen-bond donors (Lipinski definition) is 1. The van der Waals surface area contributed by atoms with Crippen molar-refractivity contribution < 1.29 is 9.72 Å². The molecule has 0 radical (unpaired) electrons. The molecule has 2 heterocycles. The number of aromatic nitrogens is 4. The van der Waals surface area contributed by atoms with Gasteiger partial charge in [-0.2, -0.15) is 9.78 Å². The van der Waals surface area contributed by atoms with Crippen LogP contribution in [0.1, 0.15) is 17.8 Å². The summed E-state index contributed by atoms with van der Waals surface area (Å²) < 4.78 is 4.13. The molecule has 0 saturated carbocycles. The Kier molecular flexibility index (Phi) is 5.48. The molecule has 23 heavy (non-hydrogen) atoms. The second kappa shape index (κ2) is 7.36. The molecule has 0 aliphatic heterocycles. The van der Waals surface area contributed by atoms with E-state index in [1.54, 1.807) is 0 Å². The van der Waals surface area contributed by atoms with Gasteiger partial charge in [-0.25, -0.2) is 0 Å². The van der Waals surface area contributed by atoms with Gasteiger partial charge in [0, 0.05) is 18.8 Å². The Morgan fingerprint density at radius 3 is 2.74 bits per heavy atom. The summed E-state index contributed by atoms with van der Waals surface area (Å²) in [4.78, 5) is 21.7. The van der Waals surface area contributed by atoms with E-state index in [4.69, 9.17) is 0 Å². The second-order valence-corrected chi connectivity index (χ2v) is 5.83. The van der Waals surface area contributed by atoms with Crippen LogP contribution in [0.4, 0.5) is 5.82 Å². The van der Waals surface area contributed by atoms with Crippen molar-refractivity contribution in [1.29, 1.82) is 0 Å². The number of rotatable bonds is 7. The largest absolute Gasteiger partial charge is 0.389 e. The number of nitro groups is 1. The van der Waals surface area contributed by atoms with Gasteiger partial charge in [0.05, 0.1) is 27.5 Å². The molecule has 2 aromatic rings. The number of aryl methyl sites for hydroxylation is 2. The zero-order chi connectivity index (χ0) is 17.0. The molecule has 9 nitrogen and oxygen atoms in total. The molecule has 0 aromatic carbocycles. The van der Waals surface area contributed by atoms with Crippen molar-refractivity contribution in [2.24, 2.45) is 0 Å². The first kappa shape index (κ1) is 17.1. The minimum absolute atomic E-state index is 0.0424. The van der Waals surface area contributed by atoms with Gasteiger partial charge in [0.25, 0.3) is 0 Å². The van der Waals surface area contributed by atoms with Gasteiger partial charge >= 0.3 is 5.82 Å². The maximum absolute atomic E-state index is 11.8. The first-order valence-electron chi connectivity index (χ1n) is 7.02. The van der Waals surface area contributed by atoms with Gasteiger partial charge < -0.3 is 15.4 Å². The topological polar surface area (TPSA) is 108 Å². The summed E-state index contributed by atoms with van der Waals surface area (Å²) in [6.45, 7) is 5.06.